The van der Waals surface area contributed by atoms with Gasteiger partial charge < -0.3 is 10.8 Å². The summed E-state index contributed by atoms with van der Waals surface area (Å²) in [4.78, 5) is 20.9. The lowest BCUT2D eigenvalue weighted by atomic mass is 10.2. The van der Waals surface area contributed by atoms with E-state index in [4.69, 9.17) is 22.4 Å². The number of benzene rings is 1. The molecule has 0 aliphatic rings. The number of carboxylic acids is 1. The first kappa shape index (κ1) is 20.2. The van der Waals surface area contributed by atoms with E-state index in [0.29, 0.717) is 0 Å². The average Bonchev–Trinajstić information content (AvgIpc) is 2.41. The fraction of sp³-hybridized carbons (Fsp3) is 0.333. The second-order valence-electron chi connectivity index (χ2n) is 4.66. The summed E-state index contributed by atoms with van der Waals surface area (Å²) in [5, 5.41) is 8.24. The predicted molar refractivity (Wildman–Crippen MR) is 76.6 cm³/mol. The van der Waals surface area contributed by atoms with Gasteiger partial charge in [0.2, 0.25) is 15.9 Å². The van der Waals surface area contributed by atoms with E-state index in [-0.39, 0.29) is 6.07 Å². The first-order chi connectivity index (χ1) is 10.8. The monoisotopic (exact) mass is 388 g/mol. The largest absolute Gasteiger partial charge is 0.480 e. The third-order valence-corrected chi connectivity index (χ3v) is 4.63. The highest BCUT2D eigenvalue weighted by atomic mass is 35.5. The van der Waals surface area contributed by atoms with Gasteiger partial charge in [0.1, 0.15) is 6.04 Å². The molecule has 0 unspecified atom stereocenters. The van der Waals surface area contributed by atoms with Gasteiger partial charge in [-0.1, -0.05) is 11.6 Å². The lowest BCUT2D eigenvalue weighted by Crippen LogP contribution is -2.41. The quantitative estimate of drug-likeness (QED) is 0.650. The van der Waals surface area contributed by atoms with Crippen molar-refractivity contribution in [2.24, 2.45) is 5.73 Å². The second kappa shape index (κ2) is 7.36. The molecule has 0 saturated heterocycles. The third kappa shape index (κ3) is 5.35. The Morgan fingerprint density at radius 3 is 2.38 bits per heavy atom. The Kier molecular flexibility index (Phi) is 6.20. The van der Waals surface area contributed by atoms with Gasteiger partial charge in [-0.2, -0.15) is 17.9 Å². The molecule has 24 heavy (non-hydrogen) atoms. The maximum Gasteiger partial charge on any atom is 0.417 e. The van der Waals surface area contributed by atoms with Crippen LogP contribution in [0.1, 0.15) is 18.4 Å². The van der Waals surface area contributed by atoms with Crippen LogP contribution in [0, 0.1) is 0 Å². The molecule has 4 N–H and O–H groups in total. The van der Waals surface area contributed by atoms with E-state index < -0.39 is 62.4 Å². The highest BCUT2D eigenvalue weighted by Crippen LogP contribution is 2.35. The number of carbonyl (C=O) groups is 2. The lowest BCUT2D eigenvalue weighted by Gasteiger charge is -2.15. The van der Waals surface area contributed by atoms with Gasteiger partial charge in [-0.25, -0.2) is 8.42 Å². The van der Waals surface area contributed by atoms with Crippen LogP contribution in [-0.4, -0.2) is 31.4 Å². The van der Waals surface area contributed by atoms with Crippen molar-refractivity contribution in [1.82, 2.24) is 4.72 Å². The van der Waals surface area contributed by atoms with Crippen LogP contribution in [-0.2, 0) is 25.8 Å². The molecule has 0 fully saturated rings. The van der Waals surface area contributed by atoms with Gasteiger partial charge in [-0.15, -0.1) is 0 Å². The van der Waals surface area contributed by atoms with Crippen LogP contribution in [0.25, 0.3) is 0 Å². The van der Waals surface area contributed by atoms with E-state index in [1.54, 1.807) is 4.72 Å². The molecule has 0 aliphatic carbocycles. The number of alkyl halides is 3. The Morgan fingerprint density at radius 1 is 1.33 bits per heavy atom. The smallest absolute Gasteiger partial charge is 0.417 e. The Labute approximate surface area is 139 Å². The fourth-order valence-electron chi connectivity index (χ4n) is 1.66. The third-order valence-electron chi connectivity index (χ3n) is 2.83. The zero-order valence-corrected chi connectivity index (χ0v) is 13.4. The van der Waals surface area contributed by atoms with E-state index in [1.807, 2.05) is 0 Å². The molecule has 1 rings (SSSR count). The van der Waals surface area contributed by atoms with Crippen LogP contribution >= 0.6 is 11.6 Å². The molecule has 0 aromatic heterocycles. The molecule has 7 nitrogen and oxygen atoms in total. The highest BCUT2D eigenvalue weighted by molar-refractivity contribution is 7.89. The van der Waals surface area contributed by atoms with Gasteiger partial charge in [0.25, 0.3) is 0 Å². The summed E-state index contributed by atoms with van der Waals surface area (Å²) in [5.41, 5.74) is 3.47. The van der Waals surface area contributed by atoms with Crippen LogP contribution in [0.5, 0.6) is 0 Å². The maximum atomic E-state index is 12.8. The molecule has 1 amide bonds. The first-order valence-corrected chi connectivity index (χ1v) is 8.11. The van der Waals surface area contributed by atoms with E-state index in [1.165, 1.54) is 0 Å². The molecule has 0 heterocycles. The molecule has 12 heteroatoms. The number of hydrogen-bond donors (Lipinski definition) is 3. The second-order valence-corrected chi connectivity index (χ2v) is 6.78. The van der Waals surface area contributed by atoms with Crippen molar-refractivity contribution in [3.05, 3.63) is 28.8 Å². The molecule has 1 atom stereocenters. The molecule has 134 valence electrons. The number of amides is 1. The van der Waals surface area contributed by atoms with Crippen LogP contribution < -0.4 is 10.5 Å². The van der Waals surface area contributed by atoms with Crippen LogP contribution in [0.4, 0.5) is 13.2 Å². The Morgan fingerprint density at radius 2 is 1.92 bits per heavy atom. The van der Waals surface area contributed by atoms with Crippen molar-refractivity contribution in [3.63, 3.8) is 0 Å². The van der Waals surface area contributed by atoms with Gasteiger partial charge in [-0.05, 0) is 24.6 Å². The number of carboxylic acid groups (broad SMARTS) is 1. The number of nitrogens with one attached hydrogen (secondary N) is 1. The number of sulfonamides is 1. The molecular weight excluding hydrogens is 377 g/mol. The van der Waals surface area contributed by atoms with Crippen LogP contribution in [0.2, 0.25) is 5.02 Å². The minimum absolute atomic E-state index is 0.289. The highest BCUT2D eigenvalue weighted by Gasteiger charge is 2.35. The minimum Gasteiger partial charge on any atom is -0.480 e. The van der Waals surface area contributed by atoms with Crippen LogP contribution in [0.3, 0.4) is 0 Å². The number of aliphatic carboxylic acids is 1. The van der Waals surface area contributed by atoms with E-state index in [9.17, 15) is 31.2 Å². The predicted octanol–water partition coefficient (Wildman–Crippen LogP) is 1.36. The normalized spacial score (nSPS) is 13.5. The summed E-state index contributed by atoms with van der Waals surface area (Å²) in [6.07, 6.45) is -5.77. The van der Waals surface area contributed by atoms with Crippen molar-refractivity contribution in [3.8, 4) is 0 Å². The molecule has 0 spiro atoms. The molecular formula is C12H12ClF3N2O5S. The molecule has 0 radical (unpaired) electrons. The summed E-state index contributed by atoms with van der Waals surface area (Å²) < 4.78 is 64.2. The van der Waals surface area contributed by atoms with Gasteiger partial charge in [0.15, 0.2) is 0 Å². The number of halogens is 4. The molecule has 0 saturated carbocycles. The average molecular weight is 389 g/mol. The number of carbonyl (C=O) groups excluding carboxylic acids is 1. The van der Waals surface area contributed by atoms with Crippen molar-refractivity contribution < 1.29 is 36.3 Å². The Bertz CT molecular complexity index is 752. The fourth-order valence-corrected chi connectivity index (χ4v) is 3.14. The lowest BCUT2D eigenvalue weighted by molar-refractivity contribution is -0.139. The van der Waals surface area contributed by atoms with Gasteiger partial charge in [-0.3, -0.25) is 9.59 Å². The summed E-state index contributed by atoms with van der Waals surface area (Å²) >= 11 is 5.39. The summed E-state index contributed by atoms with van der Waals surface area (Å²) in [6, 6.07) is 0.0930. The van der Waals surface area contributed by atoms with Gasteiger partial charge in [0, 0.05) is 6.42 Å². The summed E-state index contributed by atoms with van der Waals surface area (Å²) in [7, 11) is -4.59. The van der Waals surface area contributed by atoms with Crippen molar-refractivity contribution in [2.45, 2.75) is 30.0 Å². The number of primary amides is 1. The van der Waals surface area contributed by atoms with E-state index in [2.05, 4.69) is 0 Å². The number of rotatable bonds is 7. The van der Waals surface area contributed by atoms with Crippen molar-refractivity contribution in [2.75, 3.05) is 0 Å². The van der Waals surface area contributed by atoms with E-state index in [0.717, 1.165) is 12.1 Å². The topological polar surface area (TPSA) is 127 Å². The van der Waals surface area contributed by atoms with E-state index >= 15 is 0 Å². The summed E-state index contributed by atoms with van der Waals surface area (Å²) in [5.74, 6) is -2.46. The molecule has 0 bridgehead atoms. The SMILES string of the molecule is NC(=O)CC[C@@H](NS(=O)(=O)c1ccc(Cl)c(C(F)(F)F)c1)C(=O)O. The van der Waals surface area contributed by atoms with Crippen LogP contribution in [0.15, 0.2) is 23.1 Å². The minimum atomic E-state index is -4.89. The number of hydrogen-bond acceptors (Lipinski definition) is 4. The van der Waals surface area contributed by atoms with Gasteiger partial charge in [0.05, 0.1) is 15.5 Å². The Hall–Kier alpha value is -1.85. The van der Waals surface area contributed by atoms with Crippen molar-refractivity contribution in [1.29, 1.82) is 0 Å². The maximum absolute atomic E-state index is 12.8. The first-order valence-electron chi connectivity index (χ1n) is 6.25. The molecule has 0 aliphatic heterocycles. The Balaban J connectivity index is 3.15. The summed E-state index contributed by atoms with van der Waals surface area (Å²) in [6.45, 7) is 0. The van der Waals surface area contributed by atoms with Crippen molar-refractivity contribution >= 4 is 33.5 Å². The zero-order chi connectivity index (χ0) is 18.7. The molecule has 1 aromatic rings. The number of nitrogens with two attached hydrogens (primary N) is 1. The standard InChI is InChI=1S/C12H12ClF3N2O5S/c13-8-2-1-6(5-7(8)12(14,15)16)24(22,23)18-9(11(20)21)3-4-10(17)19/h1-2,5,9,18H,3-4H2,(H2,17,19)(H,20,21)/t9-/m1/s1. The van der Waals surface area contributed by atoms with Gasteiger partial charge >= 0.3 is 12.1 Å². The molecule has 1 aromatic carbocycles. The zero-order valence-electron chi connectivity index (χ0n) is 11.8.